The molecule has 0 bridgehead atoms. The zero-order valence-electron chi connectivity index (χ0n) is 18.6. The van der Waals surface area contributed by atoms with Crippen LogP contribution in [0.4, 0.5) is 0 Å². The molecule has 5 nitrogen and oxygen atoms in total. The van der Waals surface area contributed by atoms with Crippen LogP contribution in [-0.2, 0) is 18.7 Å². The largest absolute Gasteiger partial charge is 0.478 e. The van der Waals surface area contributed by atoms with Crippen molar-refractivity contribution in [2.24, 2.45) is 0 Å². The Morgan fingerprint density at radius 2 is 1.90 bits per heavy atom. The highest BCUT2D eigenvalue weighted by Gasteiger charge is 2.38. The molecule has 2 atom stereocenters. The van der Waals surface area contributed by atoms with Crippen LogP contribution in [0.15, 0.2) is 48.6 Å². The van der Waals surface area contributed by atoms with Gasteiger partial charge in [0.1, 0.15) is 0 Å². The number of allylic oxidation sites excluding steroid dienone is 4. The minimum Gasteiger partial charge on any atom is -0.478 e. The Balaban J connectivity index is 2.62. The molecule has 1 heterocycles. The average Bonchev–Trinajstić information content (AvgIpc) is 2.63. The minimum atomic E-state index is -1.90. The van der Waals surface area contributed by atoms with E-state index in [-0.39, 0.29) is 17.4 Å². The molecule has 0 aromatic carbocycles. The van der Waals surface area contributed by atoms with Gasteiger partial charge in [-0.15, -0.1) is 0 Å². The molecule has 164 valence electrons. The molecule has 0 amide bonds. The Morgan fingerprint density at radius 3 is 2.52 bits per heavy atom. The molecular weight excluding hydrogens is 384 g/mol. The van der Waals surface area contributed by atoms with E-state index in [1.54, 1.807) is 6.08 Å². The average molecular weight is 423 g/mol. The number of rotatable bonds is 11. The van der Waals surface area contributed by atoms with Crippen LogP contribution in [-0.4, -0.2) is 45.0 Å². The van der Waals surface area contributed by atoms with Crippen molar-refractivity contribution in [2.45, 2.75) is 77.0 Å². The number of carboxylic acids is 1. The predicted octanol–water partition coefficient (Wildman–Crippen LogP) is 5.62. The Kier molecular flexibility index (Phi) is 11.4. The molecule has 1 rings (SSSR count). The van der Waals surface area contributed by atoms with E-state index in [1.807, 2.05) is 24.3 Å². The van der Waals surface area contributed by atoms with E-state index in [1.165, 1.54) is 6.08 Å². The highest BCUT2D eigenvalue weighted by Crippen LogP contribution is 2.37. The summed E-state index contributed by atoms with van der Waals surface area (Å²) in [5.41, 5.74) is 0. The second kappa shape index (κ2) is 13.0. The zero-order chi connectivity index (χ0) is 21.8. The van der Waals surface area contributed by atoms with Gasteiger partial charge in [-0.3, -0.25) is 0 Å². The fourth-order valence-electron chi connectivity index (χ4n) is 2.49. The minimum absolute atomic E-state index is 0.0222. The summed E-state index contributed by atoms with van der Waals surface area (Å²) < 4.78 is 17.9. The van der Waals surface area contributed by atoms with Gasteiger partial charge in [0, 0.05) is 12.7 Å². The van der Waals surface area contributed by atoms with Crippen LogP contribution < -0.4 is 0 Å². The molecule has 0 aromatic rings. The van der Waals surface area contributed by atoms with Gasteiger partial charge in [-0.25, -0.2) is 4.79 Å². The van der Waals surface area contributed by atoms with Gasteiger partial charge in [0.2, 0.25) is 0 Å². The standard InChI is InChI=1S/C23H38O5Si/c1-23(2,3)29(4,5)28-20(14-9-7-6-8-10-16-21(24)25)15-13-19-27-22-17-11-12-18-26-22/h6-10,13,15-16,20,22H,11-12,14,17-19H2,1-5H3,(H,24,25)/b8-6+,9-7+,15-13+,16-10+/t20-,22?/m0/s1. The van der Waals surface area contributed by atoms with Gasteiger partial charge >= 0.3 is 5.97 Å². The summed E-state index contributed by atoms with van der Waals surface area (Å²) in [5.74, 6) is -0.951. The number of carboxylic acid groups (broad SMARTS) is 1. The number of aliphatic carboxylic acids is 1. The first-order valence-electron chi connectivity index (χ1n) is 10.4. The Hall–Kier alpha value is -1.47. The van der Waals surface area contributed by atoms with Gasteiger partial charge in [-0.2, -0.15) is 0 Å². The number of ether oxygens (including phenoxy) is 2. The highest BCUT2D eigenvalue weighted by atomic mass is 28.4. The molecule has 1 N–H and O–H groups in total. The summed E-state index contributed by atoms with van der Waals surface area (Å²) in [4.78, 5) is 10.4. The summed E-state index contributed by atoms with van der Waals surface area (Å²) in [6.07, 6.45) is 18.0. The lowest BCUT2D eigenvalue weighted by Crippen LogP contribution is -2.43. The van der Waals surface area contributed by atoms with Crippen molar-refractivity contribution in [1.29, 1.82) is 0 Å². The second-order valence-corrected chi connectivity index (χ2v) is 13.5. The molecule has 6 heteroatoms. The third-order valence-electron chi connectivity index (χ3n) is 5.20. The lowest BCUT2D eigenvalue weighted by atomic mass is 10.2. The van der Waals surface area contributed by atoms with Crippen molar-refractivity contribution in [1.82, 2.24) is 0 Å². The van der Waals surface area contributed by atoms with Crippen molar-refractivity contribution < 1.29 is 23.8 Å². The fraction of sp³-hybridized carbons (Fsp3) is 0.609. The van der Waals surface area contributed by atoms with E-state index in [2.05, 4.69) is 39.9 Å². The van der Waals surface area contributed by atoms with Gasteiger partial charge in [0.15, 0.2) is 14.6 Å². The van der Waals surface area contributed by atoms with Crippen molar-refractivity contribution in [3.63, 3.8) is 0 Å². The van der Waals surface area contributed by atoms with Crippen LogP contribution in [0.25, 0.3) is 0 Å². The summed E-state index contributed by atoms with van der Waals surface area (Å²) in [5, 5.41) is 8.71. The highest BCUT2D eigenvalue weighted by molar-refractivity contribution is 6.74. The Morgan fingerprint density at radius 1 is 1.17 bits per heavy atom. The molecule has 1 unspecified atom stereocenters. The van der Waals surface area contributed by atoms with E-state index in [9.17, 15) is 4.79 Å². The van der Waals surface area contributed by atoms with Crippen LogP contribution in [0.5, 0.6) is 0 Å². The Bertz CT molecular complexity index is 593. The fourth-order valence-corrected chi connectivity index (χ4v) is 3.78. The first kappa shape index (κ1) is 25.6. The molecule has 0 radical (unpaired) electrons. The topological polar surface area (TPSA) is 65.0 Å². The first-order valence-corrected chi connectivity index (χ1v) is 13.3. The van der Waals surface area contributed by atoms with Crippen LogP contribution in [0, 0.1) is 0 Å². The molecule has 29 heavy (non-hydrogen) atoms. The number of carbonyl (C=O) groups is 1. The molecule has 1 aliphatic heterocycles. The molecule has 0 aromatic heterocycles. The van der Waals surface area contributed by atoms with Crippen LogP contribution >= 0.6 is 0 Å². The number of hydrogen-bond donors (Lipinski definition) is 1. The van der Waals surface area contributed by atoms with Gasteiger partial charge in [-0.05, 0) is 43.8 Å². The van der Waals surface area contributed by atoms with Crippen molar-refractivity contribution in [3.05, 3.63) is 48.6 Å². The molecule has 1 aliphatic rings. The van der Waals surface area contributed by atoms with Crippen molar-refractivity contribution in [2.75, 3.05) is 13.2 Å². The van der Waals surface area contributed by atoms with E-state index in [0.717, 1.165) is 38.4 Å². The maximum Gasteiger partial charge on any atom is 0.328 e. The molecule has 0 aliphatic carbocycles. The third kappa shape index (κ3) is 11.3. The summed E-state index contributed by atoms with van der Waals surface area (Å²) in [7, 11) is -1.90. The summed E-state index contributed by atoms with van der Waals surface area (Å²) >= 11 is 0. The zero-order valence-corrected chi connectivity index (χ0v) is 19.6. The summed E-state index contributed by atoms with van der Waals surface area (Å²) in [6.45, 7) is 12.5. The SMILES string of the molecule is CC(C)(C)[Si](C)(C)O[C@H](/C=C/COC1CCCCO1)C/C=C/C=C/C=C/C(=O)O. The molecule has 1 fully saturated rings. The van der Waals surface area contributed by atoms with E-state index in [4.69, 9.17) is 19.0 Å². The third-order valence-corrected chi connectivity index (χ3v) is 9.70. The maximum absolute atomic E-state index is 10.4. The quantitative estimate of drug-likeness (QED) is 0.203. The number of hydrogen-bond acceptors (Lipinski definition) is 4. The van der Waals surface area contributed by atoms with Crippen LogP contribution in [0.2, 0.25) is 18.1 Å². The predicted molar refractivity (Wildman–Crippen MR) is 120 cm³/mol. The van der Waals surface area contributed by atoms with Crippen molar-refractivity contribution >= 4 is 14.3 Å². The van der Waals surface area contributed by atoms with Crippen LogP contribution in [0.3, 0.4) is 0 Å². The van der Waals surface area contributed by atoms with Crippen molar-refractivity contribution in [3.8, 4) is 0 Å². The smallest absolute Gasteiger partial charge is 0.328 e. The van der Waals surface area contributed by atoms with Gasteiger partial charge in [0.25, 0.3) is 0 Å². The molecule has 0 saturated carbocycles. The van der Waals surface area contributed by atoms with Gasteiger partial charge in [0.05, 0.1) is 12.7 Å². The van der Waals surface area contributed by atoms with E-state index >= 15 is 0 Å². The lowest BCUT2D eigenvalue weighted by molar-refractivity contribution is -0.155. The molecule has 1 saturated heterocycles. The molecule has 0 spiro atoms. The van der Waals surface area contributed by atoms with E-state index < -0.39 is 14.3 Å². The Labute approximate surface area is 177 Å². The van der Waals surface area contributed by atoms with Crippen LogP contribution in [0.1, 0.15) is 46.5 Å². The lowest BCUT2D eigenvalue weighted by Gasteiger charge is -2.38. The second-order valence-electron chi connectivity index (χ2n) is 8.72. The maximum atomic E-state index is 10.4. The van der Waals surface area contributed by atoms with Gasteiger partial charge < -0.3 is 19.0 Å². The van der Waals surface area contributed by atoms with E-state index in [0.29, 0.717) is 6.61 Å². The normalized spacial score (nSPS) is 20.4. The van der Waals surface area contributed by atoms with Gasteiger partial charge in [-0.1, -0.05) is 63.3 Å². The first-order chi connectivity index (χ1) is 13.6. The monoisotopic (exact) mass is 422 g/mol. The summed E-state index contributed by atoms with van der Waals surface area (Å²) in [6, 6.07) is 0. The molecular formula is C23H38O5Si.